The summed E-state index contributed by atoms with van der Waals surface area (Å²) >= 11 is 3.29. The lowest BCUT2D eigenvalue weighted by molar-refractivity contribution is 0.574. The Bertz CT molecular complexity index is 889. The van der Waals surface area contributed by atoms with Crippen LogP contribution in [0.5, 0.6) is 0 Å². The minimum atomic E-state index is -3.49. The molecule has 0 spiro atoms. The fourth-order valence-corrected chi connectivity index (χ4v) is 3.47. The molecule has 0 fully saturated rings. The van der Waals surface area contributed by atoms with Crippen LogP contribution in [0.4, 0.5) is 0 Å². The number of imidazole rings is 1. The molecule has 1 N–H and O–H groups in total. The molecular weight excluding hydrogens is 366 g/mol. The number of nitrogens with zero attached hydrogens (tertiary/aromatic N) is 2. The topological polar surface area (TPSA) is 64.0 Å². The quantitative estimate of drug-likeness (QED) is 0.741. The monoisotopic (exact) mass is 379 g/mol. The maximum atomic E-state index is 12.2. The molecule has 3 aromatic rings. The molecule has 0 unspecified atom stereocenters. The molecule has 2 aromatic carbocycles. The maximum absolute atomic E-state index is 12.2. The summed E-state index contributed by atoms with van der Waals surface area (Å²) < 4.78 is 29.7. The van der Waals surface area contributed by atoms with Gasteiger partial charge in [-0.1, -0.05) is 28.1 Å². The summed E-state index contributed by atoms with van der Waals surface area (Å²) in [7, 11) is -3.49. The van der Waals surface area contributed by atoms with E-state index in [1.807, 2.05) is 28.8 Å². The predicted molar refractivity (Wildman–Crippen MR) is 89.1 cm³/mol. The third kappa shape index (κ3) is 3.21. The van der Waals surface area contributed by atoms with Crippen LogP contribution in [0.2, 0.25) is 0 Å². The summed E-state index contributed by atoms with van der Waals surface area (Å²) in [6, 6.07) is 14.3. The summed E-state index contributed by atoms with van der Waals surface area (Å²) in [5.41, 5.74) is 1.89. The van der Waals surface area contributed by atoms with Crippen molar-refractivity contribution in [2.24, 2.45) is 0 Å². The summed E-state index contributed by atoms with van der Waals surface area (Å²) in [6.07, 6.45) is 1.72. The molecule has 1 aromatic heterocycles. The highest BCUT2D eigenvalue weighted by Crippen LogP contribution is 2.15. The number of rotatable bonds is 5. The van der Waals surface area contributed by atoms with E-state index in [2.05, 4.69) is 25.6 Å². The zero-order valence-electron chi connectivity index (χ0n) is 11.6. The maximum Gasteiger partial charge on any atom is 0.240 e. The Morgan fingerprint density at radius 3 is 2.59 bits per heavy atom. The molecule has 0 saturated heterocycles. The molecular formula is C15H14BrN3O2S. The Hall–Kier alpha value is -1.70. The smallest absolute Gasteiger partial charge is 0.240 e. The van der Waals surface area contributed by atoms with Crippen LogP contribution >= 0.6 is 15.9 Å². The van der Waals surface area contributed by atoms with Crippen LogP contribution in [0.15, 0.2) is 64.2 Å². The van der Waals surface area contributed by atoms with E-state index in [1.165, 1.54) is 0 Å². The summed E-state index contributed by atoms with van der Waals surface area (Å²) in [6.45, 7) is 0.828. The van der Waals surface area contributed by atoms with Crippen LogP contribution in [0.3, 0.4) is 0 Å². The molecule has 1 heterocycles. The molecule has 7 heteroatoms. The van der Waals surface area contributed by atoms with E-state index in [4.69, 9.17) is 0 Å². The van der Waals surface area contributed by atoms with Crippen LogP contribution in [0, 0.1) is 0 Å². The van der Waals surface area contributed by atoms with Crippen molar-refractivity contribution in [1.29, 1.82) is 0 Å². The molecule has 5 nitrogen and oxygen atoms in total. The van der Waals surface area contributed by atoms with E-state index < -0.39 is 10.0 Å². The van der Waals surface area contributed by atoms with Crippen LogP contribution in [0.25, 0.3) is 11.0 Å². The normalized spacial score (nSPS) is 11.9. The first-order valence-electron chi connectivity index (χ1n) is 6.71. The zero-order valence-corrected chi connectivity index (χ0v) is 14.0. The Morgan fingerprint density at radius 2 is 1.82 bits per heavy atom. The third-order valence-corrected chi connectivity index (χ3v) is 5.30. The Morgan fingerprint density at radius 1 is 1.09 bits per heavy atom. The number of hydrogen-bond donors (Lipinski definition) is 1. The second-order valence-electron chi connectivity index (χ2n) is 4.78. The molecule has 0 radical (unpaired) electrons. The average molecular weight is 380 g/mol. The van der Waals surface area contributed by atoms with Crippen LogP contribution in [-0.4, -0.2) is 24.5 Å². The minimum Gasteiger partial charge on any atom is -0.329 e. The largest absolute Gasteiger partial charge is 0.329 e. The van der Waals surface area contributed by atoms with Gasteiger partial charge in [-0.05, 0) is 36.4 Å². The predicted octanol–water partition coefficient (Wildman–Crippen LogP) is 2.78. The van der Waals surface area contributed by atoms with E-state index in [0.29, 0.717) is 13.1 Å². The van der Waals surface area contributed by atoms with Crippen molar-refractivity contribution < 1.29 is 8.42 Å². The highest BCUT2D eigenvalue weighted by atomic mass is 79.9. The van der Waals surface area contributed by atoms with Crippen molar-refractivity contribution in [1.82, 2.24) is 14.3 Å². The second kappa shape index (κ2) is 6.20. The lowest BCUT2D eigenvalue weighted by Gasteiger charge is -2.08. The number of fused-ring (bicyclic) bond motifs is 1. The Kier molecular flexibility index (Phi) is 4.28. The Balaban J connectivity index is 1.68. The summed E-state index contributed by atoms with van der Waals surface area (Å²) in [5.74, 6) is 0. The van der Waals surface area contributed by atoms with Gasteiger partial charge in [-0.3, -0.25) is 0 Å². The molecule has 0 bridgehead atoms. The van der Waals surface area contributed by atoms with Crippen molar-refractivity contribution >= 4 is 37.0 Å². The molecule has 3 rings (SSSR count). The van der Waals surface area contributed by atoms with Gasteiger partial charge in [-0.2, -0.15) is 0 Å². The summed E-state index contributed by atoms with van der Waals surface area (Å²) in [5, 5.41) is 0. The van der Waals surface area contributed by atoms with Gasteiger partial charge < -0.3 is 4.57 Å². The van der Waals surface area contributed by atoms with Gasteiger partial charge >= 0.3 is 0 Å². The van der Waals surface area contributed by atoms with Gasteiger partial charge in [-0.25, -0.2) is 18.1 Å². The van der Waals surface area contributed by atoms with Gasteiger partial charge in [0.15, 0.2) is 0 Å². The lowest BCUT2D eigenvalue weighted by atomic mass is 10.3. The number of hydrogen-bond acceptors (Lipinski definition) is 3. The Labute approximate surface area is 137 Å². The van der Waals surface area contributed by atoms with Crippen molar-refractivity contribution in [3.05, 3.63) is 59.3 Å². The molecule has 0 amide bonds. The van der Waals surface area contributed by atoms with Crippen molar-refractivity contribution in [2.75, 3.05) is 6.54 Å². The van der Waals surface area contributed by atoms with E-state index in [9.17, 15) is 8.42 Å². The van der Waals surface area contributed by atoms with Gasteiger partial charge in [0.2, 0.25) is 10.0 Å². The van der Waals surface area contributed by atoms with Crippen molar-refractivity contribution in [3.63, 3.8) is 0 Å². The van der Waals surface area contributed by atoms with Gasteiger partial charge in [0.25, 0.3) is 0 Å². The fourth-order valence-electron chi connectivity index (χ4n) is 2.19. The zero-order chi connectivity index (χ0) is 15.6. The van der Waals surface area contributed by atoms with Gasteiger partial charge in [-0.15, -0.1) is 0 Å². The second-order valence-corrected chi connectivity index (χ2v) is 7.46. The molecule has 0 atom stereocenters. The van der Waals surface area contributed by atoms with Gasteiger partial charge in [0, 0.05) is 17.6 Å². The number of nitrogens with one attached hydrogen (secondary N) is 1. The first kappa shape index (κ1) is 15.2. The molecule has 0 aliphatic carbocycles. The minimum absolute atomic E-state index is 0.256. The van der Waals surface area contributed by atoms with E-state index >= 15 is 0 Å². The number of benzene rings is 2. The van der Waals surface area contributed by atoms with Crippen molar-refractivity contribution in [2.45, 2.75) is 11.4 Å². The highest BCUT2D eigenvalue weighted by molar-refractivity contribution is 9.10. The van der Waals surface area contributed by atoms with E-state index in [0.717, 1.165) is 15.5 Å². The number of para-hydroxylation sites is 2. The first-order valence-corrected chi connectivity index (χ1v) is 8.99. The number of aromatic nitrogens is 2. The standard InChI is InChI=1S/C15H14BrN3O2S/c16-12-5-7-13(8-6-12)22(20,21)18-9-10-19-11-17-14-3-1-2-4-15(14)19/h1-8,11,18H,9-10H2. The molecule has 0 saturated carbocycles. The average Bonchev–Trinajstić information content (AvgIpc) is 2.91. The van der Waals surface area contributed by atoms with Gasteiger partial charge in [0.05, 0.1) is 22.3 Å². The molecule has 114 valence electrons. The number of sulfonamides is 1. The van der Waals surface area contributed by atoms with E-state index in [1.54, 1.807) is 30.6 Å². The van der Waals surface area contributed by atoms with Gasteiger partial charge in [0.1, 0.15) is 0 Å². The van der Waals surface area contributed by atoms with Crippen LogP contribution in [0.1, 0.15) is 0 Å². The highest BCUT2D eigenvalue weighted by Gasteiger charge is 2.13. The SMILES string of the molecule is O=S(=O)(NCCn1cnc2ccccc21)c1ccc(Br)cc1. The van der Waals surface area contributed by atoms with Crippen LogP contribution < -0.4 is 4.72 Å². The molecule has 0 aliphatic heterocycles. The summed E-state index contributed by atoms with van der Waals surface area (Å²) in [4.78, 5) is 4.54. The molecule has 0 aliphatic rings. The van der Waals surface area contributed by atoms with Crippen molar-refractivity contribution in [3.8, 4) is 0 Å². The van der Waals surface area contributed by atoms with E-state index in [-0.39, 0.29) is 4.90 Å². The fraction of sp³-hybridized carbons (Fsp3) is 0.133. The number of halogens is 1. The first-order chi connectivity index (χ1) is 10.6. The molecule has 22 heavy (non-hydrogen) atoms. The lowest BCUT2D eigenvalue weighted by Crippen LogP contribution is -2.27. The third-order valence-electron chi connectivity index (χ3n) is 3.30. The van der Waals surface area contributed by atoms with Crippen LogP contribution in [-0.2, 0) is 16.6 Å².